The highest BCUT2D eigenvalue weighted by Crippen LogP contribution is 2.45. The first kappa shape index (κ1) is 15.2. The third-order valence-electron chi connectivity index (χ3n) is 4.86. The topological polar surface area (TPSA) is 80.9 Å². The lowest BCUT2D eigenvalue weighted by atomic mass is 9.87. The van der Waals surface area contributed by atoms with Crippen molar-refractivity contribution in [1.29, 1.82) is 0 Å². The maximum atomic E-state index is 12.4. The van der Waals surface area contributed by atoms with Crippen LogP contribution in [0.3, 0.4) is 0 Å². The first-order valence-corrected chi connectivity index (χ1v) is 7.84. The maximum Gasteiger partial charge on any atom is 0.338 e. The lowest BCUT2D eigenvalue weighted by molar-refractivity contribution is -0.190. The normalized spacial score (nSPS) is 26.0. The summed E-state index contributed by atoms with van der Waals surface area (Å²) in [5.41, 5.74) is 3.08. The number of rotatable bonds is 2. The van der Waals surface area contributed by atoms with Gasteiger partial charge in [0, 0.05) is 23.1 Å². The molecule has 126 valence electrons. The molecular weight excluding hydrogens is 312 g/mol. The Morgan fingerprint density at radius 2 is 1.96 bits per heavy atom. The second-order valence-corrected chi connectivity index (χ2v) is 6.00. The molecule has 1 saturated heterocycles. The summed E-state index contributed by atoms with van der Waals surface area (Å²) >= 11 is 0. The second kappa shape index (κ2) is 5.61. The zero-order valence-corrected chi connectivity index (χ0v) is 13.4. The minimum absolute atomic E-state index is 0.391. The van der Waals surface area contributed by atoms with Crippen LogP contribution < -0.4 is 0 Å². The molecule has 3 heterocycles. The van der Waals surface area contributed by atoms with Gasteiger partial charge in [-0.1, -0.05) is 18.2 Å². The highest BCUT2D eigenvalue weighted by atomic mass is 16.7. The van der Waals surface area contributed by atoms with E-state index in [1.54, 1.807) is 5.06 Å². The van der Waals surface area contributed by atoms with Crippen LogP contribution in [0.2, 0.25) is 0 Å². The molecule has 0 amide bonds. The molecule has 1 N–H and O–H groups in total. The summed E-state index contributed by atoms with van der Waals surface area (Å²) in [6, 6.07) is 7.61. The predicted octanol–water partition coefficient (Wildman–Crippen LogP) is 1.34. The molecule has 1 aromatic carbocycles. The molecule has 0 radical (unpaired) electrons. The smallest absolute Gasteiger partial charge is 0.338 e. The first-order chi connectivity index (χ1) is 11.7. The number of carbonyl (C=O) groups excluding carboxylic acids is 2. The number of hydrogen-bond donors (Lipinski definition) is 1. The molecule has 3 atom stereocenters. The number of H-pyrrole nitrogens is 1. The van der Waals surface area contributed by atoms with E-state index in [0.717, 1.165) is 28.6 Å². The quantitative estimate of drug-likeness (QED) is 0.837. The molecule has 7 nitrogen and oxygen atoms in total. The molecule has 0 saturated carbocycles. The highest BCUT2D eigenvalue weighted by molar-refractivity contribution is 5.88. The van der Waals surface area contributed by atoms with Gasteiger partial charge in [0.1, 0.15) is 5.92 Å². The molecule has 0 unspecified atom stereocenters. The molecule has 24 heavy (non-hydrogen) atoms. The molecule has 0 bridgehead atoms. The van der Waals surface area contributed by atoms with Gasteiger partial charge in [0.2, 0.25) is 0 Å². The van der Waals surface area contributed by atoms with Crippen LogP contribution >= 0.6 is 0 Å². The summed E-state index contributed by atoms with van der Waals surface area (Å²) in [7, 11) is 2.60. The fourth-order valence-electron chi connectivity index (χ4n) is 3.80. The SMILES string of the molecule is COC(=O)[C@@H]1[C@H](C(=O)OC)ON2CCc3c([nH]c4ccccc34)[C@@H]12. The number of fused-ring (bicyclic) bond motifs is 5. The zero-order chi connectivity index (χ0) is 16.8. The number of nitrogens with one attached hydrogen (secondary N) is 1. The van der Waals surface area contributed by atoms with E-state index in [0.29, 0.717) is 6.54 Å². The lowest BCUT2D eigenvalue weighted by Crippen LogP contribution is -2.37. The van der Waals surface area contributed by atoms with Crippen LogP contribution in [-0.2, 0) is 30.3 Å². The van der Waals surface area contributed by atoms with Crippen molar-refractivity contribution in [2.75, 3.05) is 20.8 Å². The summed E-state index contributed by atoms with van der Waals surface area (Å²) < 4.78 is 9.73. The van der Waals surface area contributed by atoms with E-state index in [1.807, 2.05) is 18.2 Å². The van der Waals surface area contributed by atoms with Crippen LogP contribution in [0.1, 0.15) is 17.3 Å². The summed E-state index contributed by atoms with van der Waals surface area (Å²) in [4.78, 5) is 33.6. The molecule has 1 aromatic heterocycles. The molecule has 0 aliphatic carbocycles. The Morgan fingerprint density at radius 1 is 1.21 bits per heavy atom. The number of ether oxygens (including phenoxy) is 2. The average Bonchev–Trinajstić information content (AvgIpc) is 3.18. The maximum absolute atomic E-state index is 12.4. The summed E-state index contributed by atoms with van der Waals surface area (Å²) in [6.07, 6.45) is -0.220. The zero-order valence-electron chi connectivity index (χ0n) is 13.4. The van der Waals surface area contributed by atoms with Crippen molar-refractivity contribution in [3.63, 3.8) is 0 Å². The number of hydroxylamine groups is 2. The van der Waals surface area contributed by atoms with Gasteiger partial charge in [-0.15, -0.1) is 0 Å². The van der Waals surface area contributed by atoms with Crippen LogP contribution in [0, 0.1) is 5.92 Å². The molecule has 2 aliphatic rings. The Labute approximate surface area is 138 Å². The van der Waals surface area contributed by atoms with E-state index in [1.165, 1.54) is 14.2 Å². The summed E-state index contributed by atoms with van der Waals surface area (Å²) in [5.74, 6) is -1.82. The number of nitrogens with zero attached hydrogens (tertiary/aromatic N) is 1. The molecule has 2 aliphatic heterocycles. The van der Waals surface area contributed by atoms with Crippen LogP contribution in [0.4, 0.5) is 0 Å². The van der Waals surface area contributed by atoms with Crippen molar-refractivity contribution < 1.29 is 23.9 Å². The Balaban J connectivity index is 1.84. The van der Waals surface area contributed by atoms with Crippen LogP contribution in [0.25, 0.3) is 10.9 Å². The van der Waals surface area contributed by atoms with E-state index in [9.17, 15) is 9.59 Å². The van der Waals surface area contributed by atoms with E-state index in [-0.39, 0.29) is 0 Å². The number of hydrogen-bond acceptors (Lipinski definition) is 6. The molecule has 7 heteroatoms. The van der Waals surface area contributed by atoms with Crippen molar-refractivity contribution in [2.45, 2.75) is 18.6 Å². The predicted molar refractivity (Wildman–Crippen MR) is 83.8 cm³/mol. The Hall–Kier alpha value is -2.38. The van der Waals surface area contributed by atoms with E-state index >= 15 is 0 Å². The van der Waals surface area contributed by atoms with Gasteiger partial charge in [0.25, 0.3) is 0 Å². The van der Waals surface area contributed by atoms with Gasteiger partial charge in [-0.2, -0.15) is 5.06 Å². The molecule has 0 spiro atoms. The van der Waals surface area contributed by atoms with Crippen molar-refractivity contribution in [1.82, 2.24) is 10.0 Å². The Morgan fingerprint density at radius 3 is 2.71 bits per heavy atom. The molecule has 1 fully saturated rings. The van der Waals surface area contributed by atoms with Crippen molar-refractivity contribution in [3.8, 4) is 0 Å². The van der Waals surface area contributed by atoms with Crippen LogP contribution in [-0.4, -0.2) is 48.9 Å². The summed E-state index contributed by atoms with van der Waals surface area (Å²) in [6.45, 7) is 0.598. The largest absolute Gasteiger partial charge is 0.469 e. The minimum atomic E-state index is -0.996. The van der Waals surface area contributed by atoms with Gasteiger partial charge in [0.05, 0.1) is 20.3 Å². The number of aromatic nitrogens is 1. The standard InChI is InChI=1S/C17H18N2O5/c1-22-16(20)12-14-13-10(9-5-3-4-6-11(9)18-13)7-8-19(14)24-15(12)17(21)23-2/h3-6,12,14-15,18H,7-8H2,1-2H3/t12-,14+,15+/m0/s1. The fourth-order valence-corrected chi connectivity index (χ4v) is 3.80. The van der Waals surface area contributed by atoms with Gasteiger partial charge in [-0.05, 0) is 18.1 Å². The third-order valence-corrected chi connectivity index (χ3v) is 4.86. The van der Waals surface area contributed by atoms with Crippen molar-refractivity contribution in [2.24, 2.45) is 5.92 Å². The van der Waals surface area contributed by atoms with Crippen LogP contribution in [0.15, 0.2) is 24.3 Å². The third kappa shape index (κ3) is 2.05. The highest BCUT2D eigenvalue weighted by Gasteiger charge is 2.55. The number of carbonyl (C=O) groups is 2. The van der Waals surface area contributed by atoms with Gasteiger partial charge in [-0.3, -0.25) is 9.63 Å². The summed E-state index contributed by atoms with van der Waals surface area (Å²) in [5, 5.41) is 2.83. The van der Waals surface area contributed by atoms with Gasteiger partial charge in [0.15, 0.2) is 6.10 Å². The number of benzene rings is 1. The van der Waals surface area contributed by atoms with Gasteiger partial charge >= 0.3 is 11.9 Å². The average molecular weight is 330 g/mol. The number of esters is 2. The minimum Gasteiger partial charge on any atom is -0.469 e. The number of methoxy groups -OCH3 is 2. The monoisotopic (exact) mass is 330 g/mol. The fraction of sp³-hybridized carbons (Fsp3) is 0.412. The number of aromatic amines is 1. The second-order valence-electron chi connectivity index (χ2n) is 6.00. The number of para-hydroxylation sites is 1. The lowest BCUT2D eigenvalue weighted by Gasteiger charge is -2.29. The van der Waals surface area contributed by atoms with E-state index in [4.69, 9.17) is 14.3 Å². The van der Waals surface area contributed by atoms with Gasteiger partial charge in [-0.25, -0.2) is 4.79 Å². The molecule has 2 aromatic rings. The Kier molecular flexibility index (Phi) is 3.54. The van der Waals surface area contributed by atoms with Crippen molar-refractivity contribution >= 4 is 22.8 Å². The van der Waals surface area contributed by atoms with Crippen LogP contribution in [0.5, 0.6) is 0 Å². The Bertz CT molecular complexity index is 814. The first-order valence-electron chi connectivity index (χ1n) is 7.84. The molecule has 4 rings (SSSR count). The van der Waals surface area contributed by atoms with Crippen molar-refractivity contribution in [3.05, 3.63) is 35.5 Å². The van der Waals surface area contributed by atoms with E-state index < -0.39 is 30.0 Å². The van der Waals surface area contributed by atoms with Gasteiger partial charge < -0.3 is 14.5 Å². The van der Waals surface area contributed by atoms with E-state index in [2.05, 4.69) is 11.1 Å². The molecular formula is C17H18N2O5.